The minimum atomic E-state index is -3.63. The van der Waals surface area contributed by atoms with Crippen LogP contribution >= 0.6 is 0 Å². The molecular formula is C13H19NO5S. The Balaban J connectivity index is 2.18. The van der Waals surface area contributed by atoms with Gasteiger partial charge in [0.25, 0.3) is 0 Å². The van der Waals surface area contributed by atoms with Gasteiger partial charge < -0.3 is 14.2 Å². The monoisotopic (exact) mass is 301 g/mol. The highest BCUT2D eigenvalue weighted by Gasteiger charge is 2.23. The van der Waals surface area contributed by atoms with Gasteiger partial charge in [-0.1, -0.05) is 0 Å². The Morgan fingerprint density at radius 3 is 2.75 bits per heavy atom. The zero-order chi connectivity index (χ0) is 14.6. The van der Waals surface area contributed by atoms with Crippen LogP contribution in [0.2, 0.25) is 0 Å². The largest absolute Gasteiger partial charge is 0.497 e. The molecule has 1 saturated heterocycles. The molecule has 0 radical (unpaired) electrons. The second kappa shape index (κ2) is 6.43. The summed E-state index contributed by atoms with van der Waals surface area (Å²) in [4.78, 5) is 0.0817. The minimum Gasteiger partial charge on any atom is -0.497 e. The summed E-state index contributed by atoms with van der Waals surface area (Å²) in [5, 5.41) is 0. The number of benzene rings is 1. The summed E-state index contributed by atoms with van der Waals surface area (Å²) < 4.78 is 42.7. The van der Waals surface area contributed by atoms with E-state index in [2.05, 4.69) is 4.72 Å². The van der Waals surface area contributed by atoms with E-state index in [0.717, 1.165) is 6.42 Å². The second-order valence-electron chi connectivity index (χ2n) is 4.60. The molecule has 1 N–H and O–H groups in total. The molecule has 2 rings (SSSR count). The zero-order valence-electron chi connectivity index (χ0n) is 11.6. The molecule has 0 bridgehead atoms. The van der Waals surface area contributed by atoms with Crippen LogP contribution in [0.25, 0.3) is 0 Å². The molecular weight excluding hydrogens is 282 g/mol. The molecule has 1 fully saturated rings. The molecule has 0 amide bonds. The van der Waals surface area contributed by atoms with Crippen molar-refractivity contribution in [2.75, 3.05) is 34.0 Å². The standard InChI is InChI=1S/C13H19NO5S/c1-17-11-3-4-12(18-2)13(7-11)20(15,16)14-8-10-5-6-19-9-10/h3-4,7,10,14H,5-6,8-9H2,1-2H3. The van der Waals surface area contributed by atoms with Gasteiger partial charge in [-0.3, -0.25) is 0 Å². The fourth-order valence-electron chi connectivity index (χ4n) is 2.04. The highest BCUT2D eigenvalue weighted by atomic mass is 32.2. The average Bonchev–Trinajstić information content (AvgIpc) is 2.98. The van der Waals surface area contributed by atoms with E-state index in [-0.39, 0.29) is 10.8 Å². The van der Waals surface area contributed by atoms with E-state index < -0.39 is 10.0 Å². The molecule has 1 atom stereocenters. The smallest absolute Gasteiger partial charge is 0.244 e. The quantitative estimate of drug-likeness (QED) is 0.849. The van der Waals surface area contributed by atoms with Crippen molar-refractivity contribution < 1.29 is 22.6 Å². The number of rotatable bonds is 6. The lowest BCUT2D eigenvalue weighted by Crippen LogP contribution is -2.30. The second-order valence-corrected chi connectivity index (χ2v) is 6.33. The number of sulfonamides is 1. The molecule has 0 aliphatic carbocycles. The summed E-state index contributed by atoms with van der Waals surface area (Å²) in [6.45, 7) is 1.65. The summed E-state index contributed by atoms with van der Waals surface area (Å²) in [7, 11) is -0.710. The van der Waals surface area contributed by atoms with E-state index in [1.165, 1.54) is 20.3 Å². The fraction of sp³-hybridized carbons (Fsp3) is 0.538. The maximum Gasteiger partial charge on any atom is 0.244 e. The molecule has 7 heteroatoms. The van der Waals surface area contributed by atoms with E-state index in [9.17, 15) is 8.42 Å². The third-order valence-electron chi connectivity index (χ3n) is 3.25. The lowest BCUT2D eigenvalue weighted by molar-refractivity contribution is 0.186. The SMILES string of the molecule is COc1ccc(OC)c(S(=O)(=O)NCC2CCOC2)c1. The van der Waals surface area contributed by atoms with Gasteiger partial charge >= 0.3 is 0 Å². The first-order chi connectivity index (χ1) is 9.56. The molecule has 1 aliphatic rings. The van der Waals surface area contributed by atoms with Crippen molar-refractivity contribution in [3.05, 3.63) is 18.2 Å². The molecule has 112 valence electrons. The van der Waals surface area contributed by atoms with Crippen LogP contribution in [0.15, 0.2) is 23.1 Å². The van der Waals surface area contributed by atoms with E-state index in [1.54, 1.807) is 12.1 Å². The molecule has 1 aromatic rings. The first-order valence-corrected chi connectivity index (χ1v) is 7.84. The van der Waals surface area contributed by atoms with Crippen LogP contribution in [-0.4, -0.2) is 42.4 Å². The van der Waals surface area contributed by atoms with Gasteiger partial charge in [0, 0.05) is 19.2 Å². The van der Waals surface area contributed by atoms with Gasteiger partial charge in [0.05, 0.1) is 20.8 Å². The number of hydrogen-bond donors (Lipinski definition) is 1. The van der Waals surface area contributed by atoms with Crippen LogP contribution in [0, 0.1) is 5.92 Å². The average molecular weight is 301 g/mol. The van der Waals surface area contributed by atoms with Gasteiger partial charge in [-0.05, 0) is 24.5 Å². The molecule has 0 saturated carbocycles. The van der Waals surface area contributed by atoms with Gasteiger partial charge in [0.1, 0.15) is 16.4 Å². The van der Waals surface area contributed by atoms with Gasteiger partial charge in [0.2, 0.25) is 10.0 Å². The van der Waals surface area contributed by atoms with E-state index in [4.69, 9.17) is 14.2 Å². The van der Waals surface area contributed by atoms with Gasteiger partial charge in [-0.15, -0.1) is 0 Å². The highest BCUT2D eigenvalue weighted by Crippen LogP contribution is 2.28. The van der Waals surface area contributed by atoms with Crippen molar-refractivity contribution >= 4 is 10.0 Å². The fourth-order valence-corrected chi connectivity index (χ4v) is 3.34. The van der Waals surface area contributed by atoms with Gasteiger partial charge in [0.15, 0.2) is 0 Å². The maximum absolute atomic E-state index is 12.3. The lowest BCUT2D eigenvalue weighted by atomic mass is 10.1. The van der Waals surface area contributed by atoms with Crippen molar-refractivity contribution in [2.24, 2.45) is 5.92 Å². The minimum absolute atomic E-state index is 0.0817. The Morgan fingerprint density at radius 1 is 1.35 bits per heavy atom. The zero-order valence-corrected chi connectivity index (χ0v) is 12.4. The Bertz CT molecular complexity index is 552. The van der Waals surface area contributed by atoms with Crippen molar-refractivity contribution in [2.45, 2.75) is 11.3 Å². The molecule has 1 unspecified atom stereocenters. The molecule has 0 aromatic heterocycles. The van der Waals surface area contributed by atoms with Crippen LogP contribution in [0.4, 0.5) is 0 Å². The molecule has 1 heterocycles. The summed E-state index contributed by atoms with van der Waals surface area (Å²) in [5.74, 6) is 0.984. The van der Waals surface area contributed by atoms with Crippen molar-refractivity contribution in [3.8, 4) is 11.5 Å². The summed E-state index contributed by atoms with van der Waals surface area (Å²) >= 11 is 0. The van der Waals surface area contributed by atoms with Crippen molar-refractivity contribution in [3.63, 3.8) is 0 Å². The third kappa shape index (κ3) is 3.41. The predicted octanol–water partition coefficient (Wildman–Crippen LogP) is 1.02. The molecule has 6 nitrogen and oxygen atoms in total. The van der Waals surface area contributed by atoms with Crippen LogP contribution in [0.1, 0.15) is 6.42 Å². The van der Waals surface area contributed by atoms with Gasteiger partial charge in [-0.2, -0.15) is 0 Å². The lowest BCUT2D eigenvalue weighted by Gasteiger charge is -2.13. The van der Waals surface area contributed by atoms with Crippen LogP contribution < -0.4 is 14.2 Å². The summed E-state index contributed by atoms with van der Waals surface area (Å²) in [6.07, 6.45) is 0.873. The van der Waals surface area contributed by atoms with E-state index in [0.29, 0.717) is 31.3 Å². The van der Waals surface area contributed by atoms with Crippen LogP contribution in [0.5, 0.6) is 11.5 Å². The van der Waals surface area contributed by atoms with Crippen molar-refractivity contribution in [1.82, 2.24) is 4.72 Å². The summed E-state index contributed by atoms with van der Waals surface area (Å²) in [5.41, 5.74) is 0. The van der Waals surface area contributed by atoms with E-state index in [1.807, 2.05) is 0 Å². The molecule has 1 aliphatic heterocycles. The first-order valence-electron chi connectivity index (χ1n) is 6.36. The van der Waals surface area contributed by atoms with Crippen LogP contribution in [0.3, 0.4) is 0 Å². The first kappa shape index (κ1) is 15.1. The highest BCUT2D eigenvalue weighted by molar-refractivity contribution is 7.89. The predicted molar refractivity (Wildman–Crippen MR) is 73.7 cm³/mol. The Kier molecular flexibility index (Phi) is 4.85. The number of nitrogens with one attached hydrogen (secondary N) is 1. The van der Waals surface area contributed by atoms with Crippen LogP contribution in [-0.2, 0) is 14.8 Å². The van der Waals surface area contributed by atoms with Crippen molar-refractivity contribution in [1.29, 1.82) is 0 Å². The van der Waals surface area contributed by atoms with Gasteiger partial charge in [-0.25, -0.2) is 13.1 Å². The Labute approximate surface area is 119 Å². The number of methoxy groups -OCH3 is 2. The number of ether oxygens (including phenoxy) is 3. The topological polar surface area (TPSA) is 73.9 Å². The Hall–Kier alpha value is -1.31. The molecule has 1 aromatic carbocycles. The summed E-state index contributed by atoms with van der Waals surface area (Å²) in [6, 6.07) is 4.68. The Morgan fingerprint density at radius 2 is 2.15 bits per heavy atom. The third-order valence-corrected chi connectivity index (χ3v) is 4.69. The van der Waals surface area contributed by atoms with E-state index >= 15 is 0 Å². The molecule has 0 spiro atoms. The maximum atomic E-state index is 12.3. The number of hydrogen-bond acceptors (Lipinski definition) is 5. The molecule has 20 heavy (non-hydrogen) atoms. The normalized spacial score (nSPS) is 19.0.